The van der Waals surface area contributed by atoms with Gasteiger partial charge in [-0.15, -0.1) is 0 Å². The molecule has 10 heteroatoms. The summed E-state index contributed by atoms with van der Waals surface area (Å²) in [6.07, 6.45) is 4.48. The number of carbonyl (C=O) groups is 1. The molecule has 0 bridgehead atoms. The van der Waals surface area contributed by atoms with Gasteiger partial charge >= 0.3 is 0 Å². The number of rotatable bonds is 6. The predicted octanol–water partition coefficient (Wildman–Crippen LogP) is 5.43. The van der Waals surface area contributed by atoms with Crippen LogP contribution in [0, 0.1) is 10.8 Å². The Morgan fingerprint density at radius 1 is 1.30 bits per heavy atom. The summed E-state index contributed by atoms with van der Waals surface area (Å²) >= 11 is 1.12. The van der Waals surface area contributed by atoms with Crippen LogP contribution in [0.15, 0.2) is 71.4 Å². The first-order valence-electron chi connectivity index (χ1n) is 9.89. The third-order valence-corrected chi connectivity index (χ3v) is 5.28. The Labute approximate surface area is 194 Å². The van der Waals surface area contributed by atoms with E-state index in [4.69, 9.17) is 10.8 Å². The Balaban J connectivity index is 0.000000245. The first-order valence-corrected chi connectivity index (χ1v) is 10.7. The molecule has 3 rings (SSSR count). The lowest BCUT2D eigenvalue weighted by atomic mass is 10.0. The molecule has 0 spiro atoms. The van der Waals surface area contributed by atoms with Crippen molar-refractivity contribution in [3.8, 4) is 0 Å². The molecule has 0 fully saturated rings. The monoisotopic (exact) mass is 475 g/mol. The Kier molecular flexibility index (Phi) is 10.0. The zero-order chi connectivity index (χ0) is 24.4. The number of hydrogen-bond donors (Lipinski definition) is 4. The maximum absolute atomic E-state index is 14.0. The summed E-state index contributed by atoms with van der Waals surface area (Å²) in [5.74, 6) is -2.32. The Morgan fingerprint density at radius 3 is 2.67 bits per heavy atom. The van der Waals surface area contributed by atoms with Gasteiger partial charge in [0.05, 0.1) is 16.4 Å². The van der Waals surface area contributed by atoms with E-state index in [2.05, 4.69) is 15.3 Å². The summed E-state index contributed by atoms with van der Waals surface area (Å²) in [4.78, 5) is 17.2. The van der Waals surface area contributed by atoms with E-state index < -0.39 is 17.5 Å². The molecule has 4 N–H and O–H groups in total. The number of carbonyl (C=O) groups excluding carboxylic acids is 1. The average Bonchev–Trinajstić information content (AvgIpc) is 3.25. The molecule has 2 aromatic heterocycles. The smallest absolute Gasteiger partial charge is 0.166 e. The lowest BCUT2D eigenvalue weighted by Crippen LogP contribution is -2.16. The van der Waals surface area contributed by atoms with E-state index >= 15 is 0 Å². The van der Waals surface area contributed by atoms with Crippen LogP contribution in [-0.4, -0.2) is 39.9 Å². The molecule has 174 valence electrons. The second-order valence-electron chi connectivity index (χ2n) is 6.94. The van der Waals surface area contributed by atoms with Gasteiger partial charge in [0.1, 0.15) is 22.5 Å². The Morgan fingerprint density at radius 2 is 2.06 bits per heavy atom. The molecule has 6 nitrogen and oxygen atoms in total. The van der Waals surface area contributed by atoms with Crippen LogP contribution < -0.4 is 5.32 Å². The fourth-order valence-electron chi connectivity index (χ4n) is 2.78. The quantitative estimate of drug-likeness (QED) is 0.254. The number of halogens is 3. The minimum Gasteiger partial charge on any atom is -0.359 e. The summed E-state index contributed by atoms with van der Waals surface area (Å²) < 4.78 is 41.1. The molecule has 1 aliphatic carbocycles. The number of pyridine rings is 1. The normalized spacial score (nSPS) is 13.7. The van der Waals surface area contributed by atoms with E-state index in [0.29, 0.717) is 39.9 Å². The van der Waals surface area contributed by atoms with E-state index in [-0.39, 0.29) is 24.0 Å². The molecule has 0 saturated heterocycles. The van der Waals surface area contributed by atoms with Crippen LogP contribution in [0.25, 0.3) is 0 Å². The van der Waals surface area contributed by atoms with Gasteiger partial charge in [-0.1, -0.05) is 17.8 Å². The largest absolute Gasteiger partial charge is 0.359 e. The van der Waals surface area contributed by atoms with Crippen LogP contribution in [-0.2, 0) is 6.42 Å². The lowest BCUT2D eigenvalue weighted by molar-refractivity contribution is 0.111. The molecule has 0 saturated carbocycles. The van der Waals surface area contributed by atoms with Gasteiger partial charge < -0.3 is 10.3 Å². The van der Waals surface area contributed by atoms with Crippen molar-refractivity contribution in [3.05, 3.63) is 88.3 Å². The second kappa shape index (κ2) is 12.7. The maximum Gasteiger partial charge on any atom is 0.166 e. The zero-order valence-corrected chi connectivity index (χ0v) is 19.0. The fourth-order valence-corrected chi connectivity index (χ4v) is 3.47. The average molecular weight is 476 g/mol. The molecule has 2 aromatic rings. The molecule has 1 aliphatic rings. The standard InChI is InChI=1S/C14H12F3NO.C9H12N4S/c1-8-12(15)2-3-13(16)11(14(8)17)5-9-4-10(7-19)18-6-9;1-12-6-8(10)14-9(11)7-4-2-3-5-13-7/h2,4,6-7,18H,3,5H2,1H3;2-5,10-12H,6H2,1H3. The van der Waals surface area contributed by atoms with Crippen molar-refractivity contribution < 1.29 is 18.0 Å². The number of hydrogen-bond acceptors (Lipinski definition) is 6. The molecule has 2 heterocycles. The number of aromatic amines is 1. The number of aldehydes is 1. The molecule has 33 heavy (non-hydrogen) atoms. The highest BCUT2D eigenvalue weighted by molar-refractivity contribution is 8.26. The SMILES string of the molecule is CC1=C(F)C(Cc2c[nH]c(C=O)c2)=C(F)CC=C1F.CNCC(=N)SC(=N)c1ccccn1. The second-order valence-corrected chi connectivity index (χ2v) is 8.04. The van der Waals surface area contributed by atoms with Gasteiger partial charge in [0.2, 0.25) is 0 Å². The third kappa shape index (κ3) is 7.69. The molecular formula is C23H24F3N5OS. The van der Waals surface area contributed by atoms with Crippen molar-refractivity contribution in [1.82, 2.24) is 15.3 Å². The van der Waals surface area contributed by atoms with Gasteiger partial charge in [-0.25, -0.2) is 13.2 Å². The molecule has 0 aliphatic heterocycles. The minimum absolute atomic E-state index is 0.0273. The summed E-state index contributed by atoms with van der Waals surface area (Å²) in [5.41, 5.74) is 1.14. The first kappa shape index (κ1) is 26.0. The van der Waals surface area contributed by atoms with Gasteiger partial charge in [-0.2, -0.15) is 0 Å². The number of allylic oxidation sites excluding steroid dienone is 6. The predicted molar refractivity (Wildman–Crippen MR) is 126 cm³/mol. The van der Waals surface area contributed by atoms with Crippen LogP contribution in [0.1, 0.15) is 35.1 Å². The molecule has 0 amide bonds. The summed E-state index contributed by atoms with van der Waals surface area (Å²) in [6, 6.07) is 6.91. The number of H-pyrrole nitrogens is 1. The highest BCUT2D eigenvalue weighted by Gasteiger charge is 2.20. The lowest BCUT2D eigenvalue weighted by Gasteiger charge is -2.06. The Bertz CT molecular complexity index is 1110. The van der Waals surface area contributed by atoms with Gasteiger partial charge in [0, 0.05) is 42.9 Å². The number of nitrogens with one attached hydrogen (secondary N) is 4. The van der Waals surface area contributed by atoms with E-state index in [9.17, 15) is 18.0 Å². The minimum atomic E-state index is -0.877. The highest BCUT2D eigenvalue weighted by Crippen LogP contribution is 2.33. The third-order valence-electron chi connectivity index (χ3n) is 4.47. The van der Waals surface area contributed by atoms with Crippen molar-refractivity contribution in [2.24, 2.45) is 0 Å². The Hall–Kier alpha value is -3.24. The van der Waals surface area contributed by atoms with Crippen molar-refractivity contribution in [3.63, 3.8) is 0 Å². The topological polar surface area (TPSA) is 105 Å². The van der Waals surface area contributed by atoms with Crippen LogP contribution >= 0.6 is 11.8 Å². The fraction of sp³-hybridized carbons (Fsp3) is 0.217. The van der Waals surface area contributed by atoms with Crippen LogP contribution in [0.4, 0.5) is 13.2 Å². The number of aromatic nitrogens is 2. The number of nitrogens with zero attached hydrogens (tertiary/aromatic N) is 1. The van der Waals surface area contributed by atoms with Crippen LogP contribution in [0.5, 0.6) is 0 Å². The van der Waals surface area contributed by atoms with Gasteiger partial charge in [0.15, 0.2) is 6.29 Å². The van der Waals surface area contributed by atoms with Gasteiger partial charge in [-0.05, 0) is 43.8 Å². The molecule has 0 radical (unpaired) electrons. The maximum atomic E-state index is 14.0. The van der Waals surface area contributed by atoms with E-state index in [0.717, 1.165) is 17.8 Å². The molecular weight excluding hydrogens is 451 g/mol. The van der Waals surface area contributed by atoms with Crippen LogP contribution in [0.2, 0.25) is 0 Å². The van der Waals surface area contributed by atoms with Gasteiger partial charge in [0.25, 0.3) is 0 Å². The molecule has 0 atom stereocenters. The number of thioether (sulfide) groups is 1. The molecule has 0 unspecified atom stereocenters. The van der Waals surface area contributed by atoms with E-state index in [1.165, 1.54) is 19.2 Å². The van der Waals surface area contributed by atoms with Crippen molar-refractivity contribution in [1.29, 1.82) is 10.8 Å². The summed E-state index contributed by atoms with van der Waals surface area (Å²) in [5, 5.41) is 18.8. The molecule has 0 aromatic carbocycles. The van der Waals surface area contributed by atoms with Crippen molar-refractivity contribution >= 4 is 28.1 Å². The van der Waals surface area contributed by atoms with E-state index in [1.54, 1.807) is 25.4 Å². The summed E-state index contributed by atoms with van der Waals surface area (Å²) in [6.45, 7) is 1.76. The van der Waals surface area contributed by atoms with Crippen LogP contribution in [0.3, 0.4) is 0 Å². The van der Waals surface area contributed by atoms with Crippen molar-refractivity contribution in [2.45, 2.75) is 19.8 Å². The van der Waals surface area contributed by atoms with E-state index in [1.807, 2.05) is 6.07 Å². The van der Waals surface area contributed by atoms with Gasteiger partial charge in [-0.3, -0.25) is 20.6 Å². The first-order chi connectivity index (χ1) is 15.8. The highest BCUT2D eigenvalue weighted by atomic mass is 32.2. The summed E-state index contributed by atoms with van der Waals surface area (Å²) in [7, 11) is 1.78. The zero-order valence-electron chi connectivity index (χ0n) is 18.1. The van der Waals surface area contributed by atoms with Crippen molar-refractivity contribution in [2.75, 3.05) is 13.6 Å².